The highest BCUT2D eigenvalue weighted by Gasteiger charge is 2.20. The Morgan fingerprint density at radius 2 is 2.20 bits per heavy atom. The molecule has 1 atom stereocenters. The van der Waals surface area contributed by atoms with Crippen molar-refractivity contribution in [1.29, 1.82) is 0 Å². The topological polar surface area (TPSA) is 27.8 Å². The van der Waals surface area contributed by atoms with E-state index in [-0.39, 0.29) is 0 Å². The van der Waals surface area contributed by atoms with Gasteiger partial charge < -0.3 is 10.3 Å². The molecule has 0 fully saturated rings. The van der Waals surface area contributed by atoms with Crippen LogP contribution in [0.3, 0.4) is 0 Å². The maximum atomic E-state index is 3.53. The summed E-state index contributed by atoms with van der Waals surface area (Å²) in [6, 6.07) is 9.26. The van der Waals surface area contributed by atoms with E-state index in [9.17, 15) is 0 Å². The third-order valence-electron chi connectivity index (χ3n) is 3.50. The molecule has 0 aliphatic heterocycles. The van der Waals surface area contributed by atoms with Crippen molar-refractivity contribution in [3.8, 4) is 0 Å². The summed E-state index contributed by atoms with van der Waals surface area (Å²) in [5.74, 6) is 0. The van der Waals surface area contributed by atoms with E-state index < -0.39 is 0 Å². The number of para-hydroxylation sites is 1. The highest BCUT2D eigenvalue weighted by atomic mass is 14.9. The summed E-state index contributed by atoms with van der Waals surface area (Å²) in [5.41, 5.74) is 4.26. The summed E-state index contributed by atoms with van der Waals surface area (Å²) < 4.78 is 0. The van der Waals surface area contributed by atoms with Gasteiger partial charge in [-0.3, -0.25) is 0 Å². The molecule has 0 spiro atoms. The van der Waals surface area contributed by atoms with Crippen molar-refractivity contribution in [3.05, 3.63) is 35.5 Å². The van der Waals surface area contributed by atoms with Crippen molar-refractivity contribution in [2.24, 2.45) is 0 Å². The van der Waals surface area contributed by atoms with Gasteiger partial charge in [-0.1, -0.05) is 18.2 Å². The Hall–Kier alpha value is -1.28. The Morgan fingerprint density at radius 3 is 3.07 bits per heavy atom. The number of H-pyrrole nitrogens is 1. The van der Waals surface area contributed by atoms with Crippen LogP contribution in [0.5, 0.6) is 0 Å². The molecule has 0 radical (unpaired) electrons. The molecule has 2 aromatic rings. The molecule has 0 amide bonds. The fourth-order valence-corrected chi connectivity index (χ4v) is 2.62. The SMILES string of the molecule is CNC1CCc2[nH]c3ccccc3c2C1. The van der Waals surface area contributed by atoms with Crippen molar-refractivity contribution >= 4 is 10.9 Å². The molecular formula is C13H16N2. The molecule has 0 saturated heterocycles. The molecular weight excluding hydrogens is 184 g/mol. The van der Waals surface area contributed by atoms with Crippen LogP contribution < -0.4 is 5.32 Å². The maximum Gasteiger partial charge on any atom is 0.0458 e. The summed E-state index contributed by atoms with van der Waals surface area (Å²) in [5, 5.41) is 4.80. The molecule has 2 heteroatoms. The third kappa shape index (κ3) is 1.37. The first-order valence-electron chi connectivity index (χ1n) is 5.64. The van der Waals surface area contributed by atoms with Crippen LogP contribution in [-0.2, 0) is 12.8 Å². The van der Waals surface area contributed by atoms with Gasteiger partial charge in [0.2, 0.25) is 0 Å². The molecule has 1 aromatic heterocycles. The van der Waals surface area contributed by atoms with E-state index in [1.54, 1.807) is 0 Å². The van der Waals surface area contributed by atoms with E-state index in [1.165, 1.54) is 35.0 Å². The lowest BCUT2D eigenvalue weighted by molar-refractivity contribution is 0.495. The molecule has 0 saturated carbocycles. The first kappa shape index (κ1) is 8.98. The van der Waals surface area contributed by atoms with Gasteiger partial charge in [-0.05, 0) is 37.9 Å². The van der Waals surface area contributed by atoms with Crippen LogP contribution in [0.15, 0.2) is 24.3 Å². The minimum Gasteiger partial charge on any atom is -0.358 e. The Labute approximate surface area is 89.7 Å². The zero-order valence-electron chi connectivity index (χ0n) is 9.01. The summed E-state index contributed by atoms with van der Waals surface area (Å²) in [6.45, 7) is 0. The second kappa shape index (κ2) is 3.38. The monoisotopic (exact) mass is 200 g/mol. The van der Waals surface area contributed by atoms with Crippen LogP contribution in [-0.4, -0.2) is 18.1 Å². The predicted molar refractivity (Wildman–Crippen MR) is 63.2 cm³/mol. The van der Waals surface area contributed by atoms with Gasteiger partial charge in [-0.2, -0.15) is 0 Å². The second-order valence-electron chi connectivity index (χ2n) is 4.36. The summed E-state index contributed by atoms with van der Waals surface area (Å²) in [7, 11) is 2.06. The van der Waals surface area contributed by atoms with Crippen molar-refractivity contribution < 1.29 is 0 Å². The Morgan fingerprint density at radius 1 is 1.33 bits per heavy atom. The zero-order valence-corrected chi connectivity index (χ0v) is 9.01. The van der Waals surface area contributed by atoms with Crippen LogP contribution in [0.1, 0.15) is 17.7 Å². The van der Waals surface area contributed by atoms with E-state index in [0.29, 0.717) is 6.04 Å². The van der Waals surface area contributed by atoms with Gasteiger partial charge in [0.05, 0.1) is 0 Å². The number of hydrogen-bond donors (Lipinski definition) is 2. The third-order valence-corrected chi connectivity index (χ3v) is 3.50. The summed E-state index contributed by atoms with van der Waals surface area (Å²) in [6.07, 6.45) is 3.59. The number of rotatable bonds is 1. The molecule has 2 N–H and O–H groups in total. The number of aryl methyl sites for hydroxylation is 1. The van der Waals surface area contributed by atoms with Gasteiger partial charge in [0.1, 0.15) is 0 Å². The minimum atomic E-state index is 0.650. The van der Waals surface area contributed by atoms with Crippen LogP contribution in [0.2, 0.25) is 0 Å². The largest absolute Gasteiger partial charge is 0.358 e. The Kier molecular flexibility index (Phi) is 2.03. The van der Waals surface area contributed by atoms with Gasteiger partial charge in [-0.25, -0.2) is 0 Å². The first-order chi connectivity index (χ1) is 7.38. The van der Waals surface area contributed by atoms with E-state index >= 15 is 0 Å². The highest BCUT2D eigenvalue weighted by molar-refractivity contribution is 5.84. The maximum absolute atomic E-state index is 3.53. The van der Waals surface area contributed by atoms with Crippen LogP contribution in [0.25, 0.3) is 10.9 Å². The van der Waals surface area contributed by atoms with Gasteiger partial charge in [-0.15, -0.1) is 0 Å². The first-order valence-corrected chi connectivity index (χ1v) is 5.64. The number of fused-ring (bicyclic) bond motifs is 3. The van der Waals surface area contributed by atoms with Gasteiger partial charge in [0.25, 0.3) is 0 Å². The van der Waals surface area contributed by atoms with Crippen molar-refractivity contribution in [2.45, 2.75) is 25.3 Å². The smallest absolute Gasteiger partial charge is 0.0458 e. The standard InChI is InChI=1S/C13H16N2/c1-14-9-6-7-13-11(8-9)10-4-2-3-5-12(10)15-13/h2-5,9,14-15H,6-8H2,1H3. The highest BCUT2D eigenvalue weighted by Crippen LogP contribution is 2.28. The molecule has 0 bridgehead atoms. The van der Waals surface area contributed by atoms with E-state index in [2.05, 4.69) is 41.6 Å². The zero-order chi connectivity index (χ0) is 10.3. The molecule has 3 rings (SSSR count). The molecule has 15 heavy (non-hydrogen) atoms. The van der Waals surface area contributed by atoms with Crippen molar-refractivity contribution in [3.63, 3.8) is 0 Å². The van der Waals surface area contributed by atoms with Crippen molar-refractivity contribution in [2.75, 3.05) is 7.05 Å². The molecule has 1 unspecified atom stereocenters. The van der Waals surface area contributed by atoms with Crippen molar-refractivity contribution in [1.82, 2.24) is 10.3 Å². The molecule has 1 aliphatic rings. The molecule has 1 aliphatic carbocycles. The molecule has 1 aromatic carbocycles. The van der Waals surface area contributed by atoms with Gasteiger partial charge >= 0.3 is 0 Å². The van der Waals surface area contributed by atoms with Crippen LogP contribution in [0.4, 0.5) is 0 Å². The molecule has 1 heterocycles. The Bertz CT molecular complexity index is 484. The fourth-order valence-electron chi connectivity index (χ4n) is 2.62. The quantitative estimate of drug-likeness (QED) is 0.726. The normalized spacial score (nSPS) is 20.5. The number of aromatic nitrogens is 1. The number of likely N-dealkylation sites (N-methyl/N-ethyl adjacent to an activating group) is 1. The average Bonchev–Trinajstić information content (AvgIpc) is 2.66. The number of aromatic amines is 1. The summed E-state index contributed by atoms with van der Waals surface area (Å²) in [4.78, 5) is 3.53. The van der Waals surface area contributed by atoms with E-state index in [4.69, 9.17) is 0 Å². The fraction of sp³-hybridized carbons (Fsp3) is 0.385. The molecule has 78 valence electrons. The number of nitrogens with one attached hydrogen (secondary N) is 2. The lowest BCUT2D eigenvalue weighted by Gasteiger charge is -2.21. The number of benzene rings is 1. The van der Waals surface area contributed by atoms with E-state index in [1.807, 2.05) is 0 Å². The van der Waals surface area contributed by atoms with Gasteiger partial charge in [0, 0.05) is 22.6 Å². The molecule has 2 nitrogen and oxygen atoms in total. The Balaban J connectivity index is 2.14. The predicted octanol–water partition coefficient (Wildman–Crippen LogP) is 2.24. The minimum absolute atomic E-state index is 0.650. The van der Waals surface area contributed by atoms with Crippen LogP contribution in [0, 0.1) is 0 Å². The van der Waals surface area contributed by atoms with Crippen LogP contribution >= 0.6 is 0 Å². The van der Waals surface area contributed by atoms with Gasteiger partial charge in [0.15, 0.2) is 0 Å². The average molecular weight is 200 g/mol. The van der Waals surface area contributed by atoms with E-state index in [0.717, 1.165) is 6.42 Å². The lowest BCUT2D eigenvalue weighted by Crippen LogP contribution is -2.31. The second-order valence-corrected chi connectivity index (χ2v) is 4.36. The number of hydrogen-bond acceptors (Lipinski definition) is 1. The summed E-state index contributed by atoms with van der Waals surface area (Å²) >= 11 is 0. The lowest BCUT2D eigenvalue weighted by atomic mass is 9.92.